The van der Waals surface area contributed by atoms with Gasteiger partial charge >= 0.3 is 11.0 Å². The summed E-state index contributed by atoms with van der Waals surface area (Å²) in [5.41, 5.74) is 0.339. The molecule has 1 heterocycles. The summed E-state index contributed by atoms with van der Waals surface area (Å²) in [5, 5.41) is 12.7. The van der Waals surface area contributed by atoms with Crippen LogP contribution in [0.25, 0.3) is 0 Å². The number of carbonyl (C=O) groups excluding carboxylic acids is 2. The fourth-order valence-electron chi connectivity index (χ4n) is 2.16. The van der Waals surface area contributed by atoms with Crippen molar-refractivity contribution in [1.29, 1.82) is 0 Å². The molecule has 1 N–H and O–H groups in total. The fourth-order valence-corrected chi connectivity index (χ4v) is 4.31. The van der Waals surface area contributed by atoms with Crippen molar-refractivity contribution in [2.75, 3.05) is 17.7 Å². The van der Waals surface area contributed by atoms with Crippen molar-refractivity contribution >= 4 is 43.1 Å². The quantitative estimate of drug-likeness (QED) is 0.400. The van der Waals surface area contributed by atoms with Crippen LogP contribution >= 0.6 is 11.3 Å². The van der Waals surface area contributed by atoms with Crippen molar-refractivity contribution in [1.82, 2.24) is 0 Å². The molecule has 9 nitrogen and oxygen atoms in total. The van der Waals surface area contributed by atoms with Crippen LogP contribution in [0, 0.1) is 10.1 Å². The van der Waals surface area contributed by atoms with E-state index in [2.05, 4.69) is 5.32 Å². The Bertz CT molecular complexity index is 952. The Balaban J connectivity index is 2.14. The van der Waals surface area contributed by atoms with Crippen molar-refractivity contribution in [2.24, 2.45) is 0 Å². The standard InChI is InChI=1S/C16H16N2O7S2/c1-2-25-16(20)12-8-14(18(21)22)26-15(12)17-13(19)10-27(23,24)9-11-6-4-3-5-7-11/h3-8H,2,9-10H2,1H3,(H,17,19). The van der Waals surface area contributed by atoms with Gasteiger partial charge in [0.25, 0.3) is 0 Å². The molecule has 0 atom stereocenters. The van der Waals surface area contributed by atoms with Crippen LogP contribution in [0.5, 0.6) is 0 Å². The Morgan fingerprint density at radius 2 is 1.93 bits per heavy atom. The van der Waals surface area contributed by atoms with Crippen molar-refractivity contribution in [3.05, 3.63) is 57.6 Å². The number of hydrogen-bond acceptors (Lipinski definition) is 8. The third-order valence-corrected chi connectivity index (χ3v) is 5.71. The van der Waals surface area contributed by atoms with Crippen LogP contribution in [0.2, 0.25) is 0 Å². The number of thiophene rings is 1. The third kappa shape index (κ3) is 5.86. The lowest BCUT2D eigenvalue weighted by molar-refractivity contribution is -0.380. The topological polar surface area (TPSA) is 133 Å². The number of rotatable bonds is 8. The van der Waals surface area contributed by atoms with Crippen molar-refractivity contribution in [3.63, 3.8) is 0 Å². The number of nitro groups is 1. The van der Waals surface area contributed by atoms with Crippen LogP contribution in [-0.4, -0.2) is 37.6 Å². The first-order chi connectivity index (χ1) is 12.7. The first-order valence-electron chi connectivity index (χ1n) is 7.71. The zero-order valence-corrected chi connectivity index (χ0v) is 15.8. The van der Waals surface area contributed by atoms with Gasteiger partial charge in [-0.2, -0.15) is 0 Å². The molecule has 0 radical (unpaired) electrons. The molecule has 0 bridgehead atoms. The monoisotopic (exact) mass is 412 g/mol. The smallest absolute Gasteiger partial charge is 0.341 e. The molecule has 1 aromatic carbocycles. The SMILES string of the molecule is CCOC(=O)c1cc([N+](=O)[O-])sc1NC(=O)CS(=O)(=O)Cc1ccccc1. The largest absolute Gasteiger partial charge is 0.462 e. The molecule has 1 amide bonds. The molecule has 0 unspecified atom stereocenters. The van der Waals surface area contributed by atoms with Crippen LogP contribution < -0.4 is 5.32 Å². The number of sulfone groups is 1. The van der Waals surface area contributed by atoms with Crippen LogP contribution in [0.4, 0.5) is 10.0 Å². The van der Waals surface area contributed by atoms with Crippen LogP contribution in [0.3, 0.4) is 0 Å². The molecular formula is C16H16N2O7S2. The molecule has 2 aromatic rings. The summed E-state index contributed by atoms with van der Waals surface area (Å²) >= 11 is 0.553. The van der Waals surface area contributed by atoms with Crippen LogP contribution in [-0.2, 0) is 25.1 Å². The van der Waals surface area contributed by atoms with Gasteiger partial charge in [0.2, 0.25) is 5.91 Å². The summed E-state index contributed by atoms with van der Waals surface area (Å²) in [6.07, 6.45) is 0. The maximum Gasteiger partial charge on any atom is 0.341 e. The number of nitrogens with zero attached hydrogens (tertiary/aromatic N) is 1. The van der Waals surface area contributed by atoms with E-state index in [1.54, 1.807) is 37.3 Å². The Morgan fingerprint density at radius 3 is 2.52 bits per heavy atom. The van der Waals surface area contributed by atoms with E-state index in [0.717, 1.165) is 6.07 Å². The normalized spacial score (nSPS) is 11.0. The van der Waals surface area contributed by atoms with Gasteiger partial charge in [-0.05, 0) is 23.8 Å². The molecule has 11 heteroatoms. The molecule has 1 aromatic heterocycles. The maximum atomic E-state index is 12.2. The number of carbonyl (C=O) groups is 2. The highest BCUT2D eigenvalue weighted by Gasteiger charge is 2.25. The van der Waals surface area contributed by atoms with Crippen molar-refractivity contribution < 1.29 is 27.7 Å². The summed E-state index contributed by atoms with van der Waals surface area (Å²) in [4.78, 5) is 34.2. The van der Waals surface area contributed by atoms with Gasteiger partial charge in [0.05, 0.1) is 17.3 Å². The second-order valence-corrected chi connectivity index (χ2v) is 8.47. The highest BCUT2D eigenvalue weighted by atomic mass is 32.2. The van der Waals surface area contributed by atoms with Gasteiger partial charge in [0.1, 0.15) is 16.3 Å². The van der Waals surface area contributed by atoms with Crippen molar-refractivity contribution in [3.8, 4) is 0 Å². The summed E-state index contributed by atoms with van der Waals surface area (Å²) in [6.45, 7) is 1.61. The summed E-state index contributed by atoms with van der Waals surface area (Å²) in [7, 11) is -3.76. The second-order valence-electron chi connectivity index (χ2n) is 5.37. The van der Waals surface area contributed by atoms with Crippen molar-refractivity contribution in [2.45, 2.75) is 12.7 Å². The fraction of sp³-hybridized carbons (Fsp3) is 0.250. The Labute approximate surface area is 159 Å². The van der Waals surface area contributed by atoms with Crippen LogP contribution in [0.1, 0.15) is 22.8 Å². The number of benzene rings is 1. The second kappa shape index (κ2) is 8.73. The molecule has 0 saturated heterocycles. The highest BCUT2D eigenvalue weighted by molar-refractivity contribution is 7.91. The van der Waals surface area contributed by atoms with E-state index >= 15 is 0 Å². The van der Waals surface area contributed by atoms with E-state index in [1.165, 1.54) is 0 Å². The molecule has 0 aliphatic heterocycles. The average Bonchev–Trinajstić information content (AvgIpc) is 2.99. The number of ether oxygens (including phenoxy) is 1. The first kappa shape index (κ1) is 20.5. The minimum absolute atomic E-state index is 0.0430. The van der Waals surface area contributed by atoms with Gasteiger partial charge < -0.3 is 10.1 Å². The molecule has 0 aliphatic rings. The Morgan fingerprint density at radius 1 is 1.26 bits per heavy atom. The number of amides is 1. The lowest BCUT2D eigenvalue weighted by atomic mass is 10.2. The third-order valence-electron chi connectivity index (χ3n) is 3.23. The van der Waals surface area contributed by atoms with E-state index in [9.17, 15) is 28.1 Å². The Kier molecular flexibility index (Phi) is 6.64. The number of esters is 1. The summed E-state index contributed by atoms with van der Waals surface area (Å²) in [5.74, 6) is -2.88. The van der Waals surface area contributed by atoms with Gasteiger partial charge in [-0.3, -0.25) is 14.9 Å². The summed E-state index contributed by atoms with van der Waals surface area (Å²) < 4.78 is 29.2. The van der Waals surface area contributed by atoms with Crippen LogP contribution in [0.15, 0.2) is 36.4 Å². The maximum absolute atomic E-state index is 12.2. The zero-order chi connectivity index (χ0) is 20.0. The average molecular weight is 412 g/mol. The van der Waals surface area contributed by atoms with Gasteiger partial charge in [-0.1, -0.05) is 30.3 Å². The first-order valence-corrected chi connectivity index (χ1v) is 10.3. The molecule has 144 valence electrons. The van der Waals surface area contributed by atoms with Gasteiger partial charge in [0.15, 0.2) is 9.84 Å². The molecule has 0 fully saturated rings. The minimum Gasteiger partial charge on any atom is -0.462 e. The lowest BCUT2D eigenvalue weighted by Crippen LogP contribution is -2.24. The zero-order valence-electron chi connectivity index (χ0n) is 14.2. The minimum atomic E-state index is -3.76. The lowest BCUT2D eigenvalue weighted by Gasteiger charge is -2.07. The molecular weight excluding hydrogens is 396 g/mol. The molecule has 0 saturated carbocycles. The molecule has 0 aliphatic carbocycles. The number of hydrogen-bond donors (Lipinski definition) is 1. The number of anilines is 1. The van der Waals surface area contributed by atoms with E-state index in [4.69, 9.17) is 4.74 Å². The highest BCUT2D eigenvalue weighted by Crippen LogP contribution is 2.34. The predicted octanol–water partition coefficient (Wildman–Crippen LogP) is 2.39. The van der Waals surface area contributed by atoms with Gasteiger partial charge in [-0.15, -0.1) is 0 Å². The van der Waals surface area contributed by atoms with E-state index in [1.807, 2.05) is 0 Å². The summed E-state index contributed by atoms with van der Waals surface area (Å²) in [6, 6.07) is 9.33. The molecule has 2 rings (SSSR count). The molecule has 0 spiro atoms. The predicted molar refractivity (Wildman–Crippen MR) is 99.5 cm³/mol. The molecule has 27 heavy (non-hydrogen) atoms. The van der Waals surface area contributed by atoms with E-state index in [0.29, 0.717) is 16.9 Å². The van der Waals surface area contributed by atoms with E-state index in [-0.39, 0.29) is 27.9 Å². The van der Waals surface area contributed by atoms with Gasteiger partial charge in [-0.25, -0.2) is 13.2 Å². The van der Waals surface area contributed by atoms with E-state index < -0.39 is 32.4 Å². The van der Waals surface area contributed by atoms with Gasteiger partial charge in [0, 0.05) is 6.07 Å². The Hall–Kier alpha value is -2.79. The number of nitrogens with one attached hydrogen (secondary N) is 1.